The topological polar surface area (TPSA) is 67.4 Å². The SMILES string of the molecule is CN=C(NCc1cc(Cl)c2c(c1)OCCCO2)NCC(C)(C)N1CCOCC1. The fourth-order valence-electron chi connectivity index (χ4n) is 3.37. The van der Waals surface area contributed by atoms with Gasteiger partial charge >= 0.3 is 0 Å². The number of guanidine groups is 1. The fraction of sp³-hybridized carbons (Fsp3) is 0.650. The van der Waals surface area contributed by atoms with Crippen molar-refractivity contribution in [1.29, 1.82) is 0 Å². The molecule has 28 heavy (non-hydrogen) atoms. The number of hydrogen-bond acceptors (Lipinski definition) is 5. The molecule has 0 bridgehead atoms. The average Bonchev–Trinajstić information content (AvgIpc) is 2.95. The summed E-state index contributed by atoms with van der Waals surface area (Å²) in [6, 6.07) is 3.89. The number of morpholine rings is 1. The van der Waals surface area contributed by atoms with Crippen LogP contribution in [-0.2, 0) is 11.3 Å². The molecule has 7 nitrogen and oxygen atoms in total. The zero-order valence-electron chi connectivity index (χ0n) is 17.0. The molecule has 156 valence electrons. The van der Waals surface area contributed by atoms with E-state index in [1.54, 1.807) is 7.05 Å². The smallest absolute Gasteiger partial charge is 0.191 e. The van der Waals surface area contributed by atoms with Crippen molar-refractivity contribution in [3.63, 3.8) is 0 Å². The molecule has 0 aliphatic carbocycles. The fourth-order valence-corrected chi connectivity index (χ4v) is 3.66. The van der Waals surface area contributed by atoms with Gasteiger partial charge in [0.25, 0.3) is 0 Å². The van der Waals surface area contributed by atoms with Gasteiger partial charge in [0.2, 0.25) is 0 Å². The van der Waals surface area contributed by atoms with Crippen LogP contribution in [0.25, 0.3) is 0 Å². The van der Waals surface area contributed by atoms with E-state index in [9.17, 15) is 0 Å². The summed E-state index contributed by atoms with van der Waals surface area (Å²) >= 11 is 6.38. The molecule has 2 N–H and O–H groups in total. The zero-order chi connectivity index (χ0) is 20.0. The molecule has 1 aromatic rings. The number of aliphatic imine (C=N–C) groups is 1. The number of nitrogens with one attached hydrogen (secondary N) is 2. The van der Waals surface area contributed by atoms with Crippen molar-refractivity contribution in [1.82, 2.24) is 15.5 Å². The maximum atomic E-state index is 6.38. The Bertz CT molecular complexity index is 690. The minimum absolute atomic E-state index is 0.0138. The molecule has 8 heteroatoms. The Kier molecular flexibility index (Phi) is 7.26. The molecule has 0 atom stereocenters. The zero-order valence-corrected chi connectivity index (χ0v) is 17.8. The maximum absolute atomic E-state index is 6.38. The number of hydrogen-bond donors (Lipinski definition) is 2. The second kappa shape index (κ2) is 9.67. The van der Waals surface area contributed by atoms with Gasteiger partial charge in [-0.05, 0) is 31.5 Å². The third-order valence-electron chi connectivity index (χ3n) is 5.10. The number of benzene rings is 1. The quantitative estimate of drug-likeness (QED) is 0.573. The van der Waals surface area contributed by atoms with Gasteiger partial charge in [0.1, 0.15) is 0 Å². The summed E-state index contributed by atoms with van der Waals surface area (Å²) in [5.74, 6) is 2.10. The third kappa shape index (κ3) is 5.43. The van der Waals surface area contributed by atoms with Crippen LogP contribution in [0.3, 0.4) is 0 Å². The first-order chi connectivity index (χ1) is 13.5. The normalized spacial score (nSPS) is 18.5. The van der Waals surface area contributed by atoms with Crippen molar-refractivity contribution in [2.45, 2.75) is 32.4 Å². The molecule has 3 rings (SSSR count). The molecule has 0 radical (unpaired) electrons. The predicted molar refractivity (Wildman–Crippen MR) is 112 cm³/mol. The summed E-state index contributed by atoms with van der Waals surface area (Å²) < 4.78 is 16.9. The minimum atomic E-state index is 0.0138. The number of ether oxygens (including phenoxy) is 3. The maximum Gasteiger partial charge on any atom is 0.191 e. The number of nitrogens with zero attached hydrogens (tertiary/aromatic N) is 2. The van der Waals surface area contributed by atoms with Crippen LogP contribution in [0.4, 0.5) is 0 Å². The van der Waals surface area contributed by atoms with E-state index in [0.29, 0.717) is 36.3 Å². The Morgan fingerprint density at radius 2 is 1.89 bits per heavy atom. The van der Waals surface area contributed by atoms with Crippen LogP contribution in [0.1, 0.15) is 25.8 Å². The van der Waals surface area contributed by atoms with Crippen LogP contribution < -0.4 is 20.1 Å². The number of fused-ring (bicyclic) bond motifs is 1. The number of halogens is 1. The average molecular weight is 411 g/mol. The summed E-state index contributed by atoms with van der Waals surface area (Å²) in [6.45, 7) is 10.6. The summed E-state index contributed by atoms with van der Waals surface area (Å²) in [6.07, 6.45) is 0.855. The monoisotopic (exact) mass is 410 g/mol. The van der Waals surface area contributed by atoms with E-state index in [1.807, 2.05) is 12.1 Å². The number of rotatable bonds is 5. The molecule has 0 saturated carbocycles. The van der Waals surface area contributed by atoms with Crippen LogP contribution in [-0.4, -0.2) is 69.5 Å². The van der Waals surface area contributed by atoms with E-state index in [4.69, 9.17) is 25.8 Å². The highest BCUT2D eigenvalue weighted by molar-refractivity contribution is 6.32. The Morgan fingerprint density at radius 3 is 2.64 bits per heavy atom. The highest BCUT2D eigenvalue weighted by Crippen LogP contribution is 2.37. The lowest BCUT2D eigenvalue weighted by molar-refractivity contribution is -0.00834. The van der Waals surface area contributed by atoms with Crippen LogP contribution in [0.15, 0.2) is 17.1 Å². The summed E-state index contributed by atoms with van der Waals surface area (Å²) in [5.41, 5.74) is 1.03. The van der Waals surface area contributed by atoms with E-state index in [2.05, 4.69) is 34.4 Å². The summed E-state index contributed by atoms with van der Waals surface area (Å²) in [5, 5.41) is 7.36. The molecule has 0 unspecified atom stereocenters. The van der Waals surface area contributed by atoms with Gasteiger partial charge in [0, 0.05) is 45.2 Å². The largest absolute Gasteiger partial charge is 0.489 e. The first-order valence-corrected chi connectivity index (χ1v) is 10.2. The van der Waals surface area contributed by atoms with Gasteiger partial charge < -0.3 is 24.8 Å². The lowest BCUT2D eigenvalue weighted by Gasteiger charge is -2.41. The van der Waals surface area contributed by atoms with Crippen LogP contribution in [0, 0.1) is 0 Å². The van der Waals surface area contributed by atoms with Crippen LogP contribution >= 0.6 is 11.6 Å². The second-order valence-corrected chi connectivity index (χ2v) is 8.05. The summed E-state index contributed by atoms with van der Waals surface area (Å²) in [7, 11) is 1.78. The Labute approximate surface area is 172 Å². The van der Waals surface area contributed by atoms with Crippen molar-refractivity contribution in [2.75, 3.05) is 53.1 Å². The second-order valence-electron chi connectivity index (χ2n) is 7.65. The first-order valence-electron chi connectivity index (χ1n) is 9.85. The van der Waals surface area contributed by atoms with Gasteiger partial charge in [-0.3, -0.25) is 9.89 Å². The lowest BCUT2D eigenvalue weighted by atomic mass is 10.0. The van der Waals surface area contributed by atoms with Gasteiger partial charge in [-0.25, -0.2) is 0 Å². The molecule has 0 aromatic heterocycles. The standard InChI is InChI=1S/C20H31ClN4O3/c1-20(2,25-5-9-26-10-6-25)14-24-19(22-3)23-13-15-11-16(21)18-17(12-15)27-7-4-8-28-18/h11-12H,4-10,13-14H2,1-3H3,(H2,22,23,24). The Balaban J connectivity index is 1.55. The minimum Gasteiger partial charge on any atom is -0.489 e. The van der Waals surface area contributed by atoms with E-state index < -0.39 is 0 Å². The predicted octanol–water partition coefficient (Wildman–Crippen LogP) is 2.28. The van der Waals surface area contributed by atoms with Gasteiger partial charge in [0.05, 0.1) is 31.5 Å². The van der Waals surface area contributed by atoms with Crippen molar-refractivity contribution in [3.8, 4) is 11.5 Å². The molecule has 2 aliphatic heterocycles. The third-order valence-corrected chi connectivity index (χ3v) is 5.38. The van der Waals surface area contributed by atoms with Crippen LogP contribution in [0.5, 0.6) is 11.5 Å². The van der Waals surface area contributed by atoms with E-state index >= 15 is 0 Å². The van der Waals surface area contributed by atoms with E-state index in [0.717, 1.165) is 50.8 Å². The molecule has 2 heterocycles. The van der Waals surface area contributed by atoms with Crippen LogP contribution in [0.2, 0.25) is 5.02 Å². The van der Waals surface area contributed by atoms with Crippen molar-refractivity contribution in [2.24, 2.45) is 4.99 Å². The van der Waals surface area contributed by atoms with Crippen molar-refractivity contribution in [3.05, 3.63) is 22.7 Å². The molecule has 1 aromatic carbocycles. The molecule has 1 saturated heterocycles. The van der Waals surface area contributed by atoms with Gasteiger partial charge in [0.15, 0.2) is 17.5 Å². The summed E-state index contributed by atoms with van der Waals surface area (Å²) in [4.78, 5) is 6.78. The first kappa shape index (κ1) is 21.0. The highest BCUT2D eigenvalue weighted by Gasteiger charge is 2.28. The highest BCUT2D eigenvalue weighted by atomic mass is 35.5. The lowest BCUT2D eigenvalue weighted by Crippen LogP contribution is -2.56. The van der Waals surface area contributed by atoms with Gasteiger partial charge in [-0.15, -0.1) is 0 Å². The van der Waals surface area contributed by atoms with E-state index in [-0.39, 0.29) is 5.54 Å². The van der Waals surface area contributed by atoms with E-state index in [1.165, 1.54) is 0 Å². The van der Waals surface area contributed by atoms with Gasteiger partial charge in [-0.2, -0.15) is 0 Å². The molecule has 2 aliphatic rings. The molecular formula is C20H31ClN4O3. The molecular weight excluding hydrogens is 380 g/mol. The van der Waals surface area contributed by atoms with Crippen molar-refractivity contribution < 1.29 is 14.2 Å². The Morgan fingerprint density at radius 1 is 1.14 bits per heavy atom. The molecule has 0 spiro atoms. The van der Waals surface area contributed by atoms with Crippen molar-refractivity contribution >= 4 is 17.6 Å². The molecule has 0 amide bonds. The molecule has 1 fully saturated rings. The van der Waals surface area contributed by atoms with Gasteiger partial charge in [-0.1, -0.05) is 11.6 Å². The Hall–Kier alpha value is -1.70.